The van der Waals surface area contributed by atoms with Gasteiger partial charge >= 0.3 is 0 Å². The summed E-state index contributed by atoms with van der Waals surface area (Å²) in [7, 11) is 0. The van der Waals surface area contributed by atoms with E-state index in [1.165, 1.54) is 0 Å². The Kier molecular flexibility index (Phi) is 7.07. The summed E-state index contributed by atoms with van der Waals surface area (Å²) in [4.78, 5) is 18.0. The number of halogens is 1. The first-order chi connectivity index (χ1) is 13.3. The molecule has 148 valence electrons. The van der Waals surface area contributed by atoms with Crippen LogP contribution < -0.4 is 10.2 Å². The van der Waals surface area contributed by atoms with Crippen molar-refractivity contribution in [3.63, 3.8) is 0 Å². The largest absolute Gasteiger partial charge is 0.459 e. The van der Waals surface area contributed by atoms with Crippen molar-refractivity contribution in [3.8, 4) is 0 Å². The van der Waals surface area contributed by atoms with E-state index in [2.05, 4.69) is 44.1 Å². The Morgan fingerprint density at radius 2 is 1.86 bits per heavy atom. The molecule has 2 aromatic heterocycles. The molecule has 0 amide bonds. The van der Waals surface area contributed by atoms with Gasteiger partial charge < -0.3 is 19.5 Å². The molecular formula is C20H25IN6O. The van der Waals surface area contributed by atoms with E-state index in [9.17, 15) is 0 Å². The number of hydrogen-bond donors (Lipinski definition) is 1. The van der Waals surface area contributed by atoms with Crippen molar-refractivity contribution >= 4 is 46.9 Å². The van der Waals surface area contributed by atoms with Crippen molar-refractivity contribution < 1.29 is 4.42 Å². The highest BCUT2D eigenvalue weighted by molar-refractivity contribution is 14.0. The van der Waals surface area contributed by atoms with Crippen molar-refractivity contribution in [2.24, 2.45) is 4.99 Å². The maximum atomic E-state index is 5.88. The van der Waals surface area contributed by atoms with Gasteiger partial charge in [0.15, 0.2) is 5.96 Å². The molecule has 1 saturated heterocycles. The van der Waals surface area contributed by atoms with Crippen LogP contribution in [-0.2, 0) is 6.54 Å². The second-order valence-electron chi connectivity index (χ2n) is 6.44. The van der Waals surface area contributed by atoms with Gasteiger partial charge in [0.05, 0.1) is 0 Å². The maximum absolute atomic E-state index is 5.88. The van der Waals surface area contributed by atoms with Crippen molar-refractivity contribution in [1.29, 1.82) is 0 Å². The van der Waals surface area contributed by atoms with E-state index < -0.39 is 0 Å². The predicted octanol–water partition coefficient (Wildman–Crippen LogP) is 3.13. The maximum Gasteiger partial charge on any atom is 0.225 e. The number of aromatic nitrogens is 2. The van der Waals surface area contributed by atoms with Crippen LogP contribution >= 0.6 is 24.0 Å². The third-order valence-electron chi connectivity index (χ3n) is 4.61. The summed E-state index contributed by atoms with van der Waals surface area (Å²) in [5.74, 6) is 2.59. The van der Waals surface area contributed by atoms with Crippen molar-refractivity contribution in [2.75, 3.05) is 37.6 Å². The molecule has 7 nitrogen and oxygen atoms in total. The molecule has 3 heterocycles. The number of anilines is 1. The first kappa shape index (κ1) is 20.4. The van der Waals surface area contributed by atoms with Crippen LogP contribution in [-0.4, -0.2) is 53.6 Å². The van der Waals surface area contributed by atoms with Crippen LogP contribution in [0.5, 0.6) is 0 Å². The Morgan fingerprint density at radius 3 is 2.57 bits per heavy atom. The van der Waals surface area contributed by atoms with Crippen LogP contribution in [0, 0.1) is 0 Å². The molecule has 0 spiro atoms. The van der Waals surface area contributed by atoms with Gasteiger partial charge in [0.25, 0.3) is 0 Å². The second-order valence-corrected chi connectivity index (χ2v) is 6.44. The zero-order valence-corrected chi connectivity index (χ0v) is 18.2. The zero-order chi connectivity index (χ0) is 18.5. The van der Waals surface area contributed by atoms with Crippen LogP contribution in [0.4, 0.5) is 5.95 Å². The van der Waals surface area contributed by atoms with Gasteiger partial charge in [-0.3, -0.25) is 0 Å². The molecular weight excluding hydrogens is 467 g/mol. The molecule has 1 aliphatic heterocycles. The quantitative estimate of drug-likeness (QED) is 0.343. The number of para-hydroxylation sites is 1. The van der Waals surface area contributed by atoms with Gasteiger partial charge in [-0.1, -0.05) is 18.2 Å². The lowest BCUT2D eigenvalue weighted by molar-refractivity contribution is 0.369. The highest BCUT2D eigenvalue weighted by Gasteiger charge is 2.21. The van der Waals surface area contributed by atoms with Crippen LogP contribution in [0.3, 0.4) is 0 Å². The number of aliphatic imine (C=N–C) groups is 1. The monoisotopic (exact) mass is 492 g/mol. The first-order valence-corrected chi connectivity index (χ1v) is 9.36. The predicted molar refractivity (Wildman–Crippen MR) is 122 cm³/mol. The van der Waals surface area contributed by atoms with E-state index in [1.807, 2.05) is 24.3 Å². The number of hydrogen-bond acceptors (Lipinski definition) is 5. The fraction of sp³-hybridized carbons (Fsp3) is 0.350. The van der Waals surface area contributed by atoms with E-state index >= 15 is 0 Å². The average Bonchev–Trinajstić information content (AvgIpc) is 3.15. The van der Waals surface area contributed by atoms with Crippen LogP contribution in [0.2, 0.25) is 0 Å². The smallest absolute Gasteiger partial charge is 0.225 e. The van der Waals surface area contributed by atoms with E-state index in [4.69, 9.17) is 9.41 Å². The highest BCUT2D eigenvalue weighted by atomic mass is 127. The summed E-state index contributed by atoms with van der Waals surface area (Å²) >= 11 is 0. The minimum absolute atomic E-state index is 0. The van der Waals surface area contributed by atoms with Crippen molar-refractivity contribution in [1.82, 2.24) is 20.2 Å². The minimum atomic E-state index is 0. The molecule has 28 heavy (non-hydrogen) atoms. The number of benzene rings is 1. The molecule has 1 fully saturated rings. The summed E-state index contributed by atoms with van der Waals surface area (Å²) in [5, 5.41) is 4.51. The molecule has 4 rings (SSSR count). The van der Waals surface area contributed by atoms with Crippen molar-refractivity contribution in [2.45, 2.75) is 13.5 Å². The molecule has 1 N–H and O–H groups in total. The third kappa shape index (κ3) is 4.73. The van der Waals surface area contributed by atoms with E-state index in [1.54, 1.807) is 12.4 Å². The van der Waals surface area contributed by atoms with Gasteiger partial charge in [0.2, 0.25) is 5.95 Å². The van der Waals surface area contributed by atoms with Gasteiger partial charge in [-0.15, -0.1) is 24.0 Å². The Balaban J connectivity index is 0.00000225. The van der Waals surface area contributed by atoms with Gasteiger partial charge in [0.1, 0.15) is 17.9 Å². The molecule has 0 bridgehead atoms. The summed E-state index contributed by atoms with van der Waals surface area (Å²) in [5.41, 5.74) is 0.907. The summed E-state index contributed by atoms with van der Waals surface area (Å²) in [6, 6.07) is 11.9. The number of rotatable bonds is 4. The van der Waals surface area contributed by atoms with Crippen LogP contribution in [0.25, 0.3) is 11.0 Å². The Bertz CT molecular complexity index is 872. The van der Waals surface area contributed by atoms with Crippen molar-refractivity contribution in [3.05, 3.63) is 54.6 Å². The van der Waals surface area contributed by atoms with Gasteiger partial charge in [-0.05, 0) is 25.1 Å². The van der Waals surface area contributed by atoms with Gasteiger partial charge in [0, 0.05) is 50.5 Å². The Hall–Kier alpha value is -2.36. The minimum Gasteiger partial charge on any atom is -0.459 e. The topological polar surface area (TPSA) is 69.8 Å². The van der Waals surface area contributed by atoms with Crippen LogP contribution in [0.15, 0.2) is 58.2 Å². The molecule has 8 heteroatoms. The Morgan fingerprint density at radius 1 is 1.11 bits per heavy atom. The summed E-state index contributed by atoms with van der Waals surface area (Å²) < 4.78 is 5.88. The molecule has 1 aliphatic rings. The lowest BCUT2D eigenvalue weighted by Gasteiger charge is -2.36. The lowest BCUT2D eigenvalue weighted by atomic mass is 10.2. The van der Waals surface area contributed by atoms with E-state index in [-0.39, 0.29) is 24.0 Å². The fourth-order valence-corrected chi connectivity index (χ4v) is 3.27. The highest BCUT2D eigenvalue weighted by Crippen LogP contribution is 2.19. The molecule has 0 atom stereocenters. The normalized spacial score (nSPS) is 14.8. The third-order valence-corrected chi connectivity index (χ3v) is 4.61. The van der Waals surface area contributed by atoms with E-state index in [0.29, 0.717) is 6.54 Å². The second kappa shape index (κ2) is 9.72. The molecule has 1 aromatic carbocycles. The summed E-state index contributed by atoms with van der Waals surface area (Å²) in [6.07, 6.45) is 3.57. The lowest BCUT2D eigenvalue weighted by Crippen LogP contribution is -2.52. The number of piperazine rings is 1. The number of nitrogens with one attached hydrogen (secondary N) is 1. The molecule has 0 aliphatic carbocycles. The SMILES string of the molecule is CCNC(=NCc1cc2ccccc2o1)N1CCN(c2ncccn2)CC1.I. The molecule has 3 aromatic rings. The Labute approximate surface area is 181 Å². The number of guanidine groups is 1. The van der Waals surface area contributed by atoms with Gasteiger partial charge in [-0.25, -0.2) is 15.0 Å². The molecule has 0 radical (unpaired) electrons. The number of furan rings is 1. The number of fused-ring (bicyclic) bond motifs is 1. The molecule has 0 saturated carbocycles. The van der Waals surface area contributed by atoms with Gasteiger partial charge in [-0.2, -0.15) is 0 Å². The molecule has 0 unspecified atom stereocenters. The summed E-state index contributed by atoms with van der Waals surface area (Å²) in [6.45, 7) is 6.96. The van der Waals surface area contributed by atoms with Crippen LogP contribution in [0.1, 0.15) is 12.7 Å². The first-order valence-electron chi connectivity index (χ1n) is 9.36. The standard InChI is InChI=1S/C20H24N6O.HI/c1-2-21-19(24-15-17-14-16-6-3-4-7-18(16)27-17)25-10-12-26(13-11-25)20-22-8-5-9-23-20;/h3-9,14H,2,10-13,15H2,1H3,(H,21,24);1H. The van der Waals surface area contributed by atoms with E-state index in [0.717, 1.165) is 61.4 Å². The average molecular weight is 492 g/mol. The zero-order valence-electron chi connectivity index (χ0n) is 15.9. The number of nitrogens with zero attached hydrogens (tertiary/aromatic N) is 5. The fourth-order valence-electron chi connectivity index (χ4n) is 3.27.